The van der Waals surface area contributed by atoms with Crippen molar-refractivity contribution in [3.8, 4) is 28.3 Å². The van der Waals surface area contributed by atoms with E-state index in [0.717, 1.165) is 52.2 Å². The van der Waals surface area contributed by atoms with E-state index in [-0.39, 0.29) is 11.3 Å². The maximum atomic E-state index is 12.7. The van der Waals surface area contributed by atoms with Gasteiger partial charge in [0.15, 0.2) is 10.8 Å². The minimum atomic E-state index is -0.650. The second-order valence-electron chi connectivity index (χ2n) is 11.5. The van der Waals surface area contributed by atoms with Gasteiger partial charge < -0.3 is 14.8 Å². The summed E-state index contributed by atoms with van der Waals surface area (Å²) < 4.78 is 5.87. The molecule has 0 fully saturated rings. The third kappa shape index (κ3) is 8.79. The first kappa shape index (κ1) is 31.0. The zero-order chi connectivity index (χ0) is 30.0. The van der Waals surface area contributed by atoms with E-state index >= 15 is 0 Å². The Morgan fingerprint density at radius 3 is 2.17 bits per heavy atom. The highest BCUT2D eigenvalue weighted by Gasteiger charge is 2.21. The number of rotatable bonds is 14. The van der Waals surface area contributed by atoms with E-state index in [2.05, 4.69) is 48.0 Å². The van der Waals surface area contributed by atoms with Crippen LogP contribution in [0.4, 0.5) is 0 Å². The van der Waals surface area contributed by atoms with Crippen molar-refractivity contribution in [2.45, 2.75) is 77.7 Å². The van der Waals surface area contributed by atoms with Crippen molar-refractivity contribution in [1.82, 2.24) is 20.3 Å². The Bertz CT molecular complexity index is 1430. The molecule has 0 aliphatic rings. The first-order chi connectivity index (χ1) is 20.3. The Labute approximate surface area is 252 Å². The average Bonchev–Trinajstić information content (AvgIpc) is 3.51. The van der Waals surface area contributed by atoms with Crippen molar-refractivity contribution in [2.24, 2.45) is 0 Å². The van der Waals surface area contributed by atoms with E-state index in [9.17, 15) is 9.59 Å². The molecule has 2 heterocycles. The van der Waals surface area contributed by atoms with E-state index < -0.39 is 6.04 Å². The van der Waals surface area contributed by atoms with Gasteiger partial charge in [-0.25, -0.2) is 15.0 Å². The number of thiazole rings is 1. The molecular weight excluding hydrogens is 544 g/mol. The van der Waals surface area contributed by atoms with E-state index in [4.69, 9.17) is 4.74 Å². The highest BCUT2D eigenvalue weighted by Crippen LogP contribution is 2.28. The van der Waals surface area contributed by atoms with Gasteiger partial charge in [0.25, 0.3) is 5.91 Å². The Kier molecular flexibility index (Phi) is 11.0. The van der Waals surface area contributed by atoms with Crippen LogP contribution in [0.15, 0.2) is 67.1 Å². The van der Waals surface area contributed by atoms with Crippen molar-refractivity contribution in [2.75, 3.05) is 6.61 Å². The number of carbonyl (C=O) groups excluding carboxylic acids is 2. The molecular formula is C34H40N4O3S. The maximum Gasteiger partial charge on any atom is 0.280 e. The van der Waals surface area contributed by atoms with Gasteiger partial charge in [-0.2, -0.15) is 0 Å². The van der Waals surface area contributed by atoms with Crippen LogP contribution in [0.3, 0.4) is 0 Å². The third-order valence-electron chi connectivity index (χ3n) is 6.94. The normalized spacial score (nSPS) is 12.1. The molecule has 42 heavy (non-hydrogen) atoms. The molecule has 1 amide bonds. The molecule has 2 aromatic heterocycles. The molecule has 1 unspecified atom stereocenters. The molecule has 1 atom stereocenters. The summed E-state index contributed by atoms with van der Waals surface area (Å²) in [6.45, 7) is 9.19. The molecule has 0 bridgehead atoms. The first-order valence-electron chi connectivity index (χ1n) is 14.6. The minimum absolute atomic E-state index is 0.0836. The largest absolute Gasteiger partial charge is 0.494 e. The van der Waals surface area contributed by atoms with Gasteiger partial charge in [0.1, 0.15) is 12.0 Å². The second kappa shape index (κ2) is 14.8. The predicted molar refractivity (Wildman–Crippen MR) is 169 cm³/mol. The molecule has 0 saturated heterocycles. The number of nitrogens with zero attached hydrogens (tertiary/aromatic N) is 3. The van der Waals surface area contributed by atoms with Crippen LogP contribution < -0.4 is 10.1 Å². The SMILES string of the molecule is CCCCCCCOc1ccc(-c2cnc(-c3ccc(CC(C=O)NC(=O)c4ncc(C(C)(C)C)s4)cc3)nc2)cc1. The molecule has 0 aliphatic heterocycles. The van der Waals surface area contributed by atoms with Crippen LogP contribution in [0.25, 0.3) is 22.5 Å². The summed E-state index contributed by atoms with van der Waals surface area (Å²) in [6.07, 6.45) is 12.6. The molecule has 1 N–H and O–H groups in total. The molecule has 220 valence electrons. The molecule has 0 radical (unpaired) electrons. The summed E-state index contributed by atoms with van der Waals surface area (Å²) in [5.74, 6) is 1.16. The van der Waals surface area contributed by atoms with Crippen molar-refractivity contribution in [1.29, 1.82) is 0 Å². The van der Waals surface area contributed by atoms with Crippen molar-refractivity contribution >= 4 is 23.5 Å². The van der Waals surface area contributed by atoms with Gasteiger partial charge in [-0.3, -0.25) is 4.79 Å². The van der Waals surface area contributed by atoms with Gasteiger partial charge in [0.05, 0.1) is 12.6 Å². The van der Waals surface area contributed by atoms with Crippen LogP contribution in [0.5, 0.6) is 5.75 Å². The Morgan fingerprint density at radius 1 is 0.881 bits per heavy atom. The minimum Gasteiger partial charge on any atom is -0.494 e. The Hall–Kier alpha value is -3.91. The van der Waals surface area contributed by atoms with E-state index in [0.29, 0.717) is 17.3 Å². The summed E-state index contributed by atoms with van der Waals surface area (Å²) in [6, 6.07) is 15.1. The fourth-order valence-electron chi connectivity index (χ4n) is 4.40. The third-order valence-corrected chi connectivity index (χ3v) is 8.37. The van der Waals surface area contributed by atoms with E-state index in [1.54, 1.807) is 6.20 Å². The Morgan fingerprint density at radius 2 is 1.55 bits per heavy atom. The lowest BCUT2D eigenvalue weighted by Gasteiger charge is -2.14. The fourth-order valence-corrected chi connectivity index (χ4v) is 5.28. The maximum absolute atomic E-state index is 12.7. The number of nitrogens with one attached hydrogen (secondary N) is 1. The predicted octanol–water partition coefficient (Wildman–Crippen LogP) is 7.45. The zero-order valence-corrected chi connectivity index (χ0v) is 25.7. The number of hydrogen-bond acceptors (Lipinski definition) is 7. The zero-order valence-electron chi connectivity index (χ0n) is 24.9. The monoisotopic (exact) mass is 584 g/mol. The molecule has 0 aliphatic carbocycles. The van der Waals surface area contributed by atoms with Gasteiger partial charge in [-0.1, -0.05) is 89.8 Å². The first-order valence-corrected chi connectivity index (χ1v) is 15.5. The lowest BCUT2D eigenvalue weighted by Crippen LogP contribution is -2.37. The van der Waals surface area contributed by atoms with Crippen LogP contribution in [0.1, 0.15) is 80.0 Å². The van der Waals surface area contributed by atoms with Crippen LogP contribution in [0.2, 0.25) is 0 Å². The molecule has 0 saturated carbocycles. The van der Waals surface area contributed by atoms with Gasteiger partial charge in [-0.15, -0.1) is 11.3 Å². The molecule has 7 nitrogen and oxygen atoms in total. The van der Waals surface area contributed by atoms with Crippen molar-refractivity contribution < 1.29 is 14.3 Å². The number of hydrogen-bond donors (Lipinski definition) is 1. The van der Waals surface area contributed by atoms with Gasteiger partial charge >= 0.3 is 0 Å². The average molecular weight is 585 g/mol. The molecule has 2 aromatic carbocycles. The highest BCUT2D eigenvalue weighted by atomic mass is 32.1. The summed E-state index contributed by atoms with van der Waals surface area (Å²) in [7, 11) is 0. The molecule has 0 spiro atoms. The van der Waals surface area contributed by atoms with Crippen LogP contribution in [-0.2, 0) is 16.6 Å². The van der Waals surface area contributed by atoms with Crippen LogP contribution in [-0.4, -0.2) is 39.8 Å². The molecule has 4 rings (SSSR count). The number of aldehydes is 1. The highest BCUT2D eigenvalue weighted by molar-refractivity contribution is 7.13. The second-order valence-corrected chi connectivity index (χ2v) is 12.5. The fraction of sp³-hybridized carbons (Fsp3) is 0.382. The number of unbranched alkanes of at least 4 members (excludes halogenated alkanes) is 4. The summed E-state index contributed by atoms with van der Waals surface area (Å²) in [5, 5.41) is 3.16. The van der Waals surface area contributed by atoms with E-state index in [1.807, 2.05) is 60.9 Å². The Balaban J connectivity index is 1.30. The van der Waals surface area contributed by atoms with Gasteiger partial charge in [0.2, 0.25) is 0 Å². The lowest BCUT2D eigenvalue weighted by atomic mass is 9.96. The summed E-state index contributed by atoms with van der Waals surface area (Å²) in [5.41, 5.74) is 3.67. The van der Waals surface area contributed by atoms with E-state index in [1.165, 1.54) is 37.0 Å². The number of benzene rings is 2. The quantitative estimate of drug-likeness (QED) is 0.122. The number of amides is 1. The number of aromatic nitrogens is 3. The topological polar surface area (TPSA) is 94.1 Å². The molecule has 8 heteroatoms. The van der Waals surface area contributed by atoms with Crippen molar-refractivity contribution in [3.05, 3.63) is 82.6 Å². The lowest BCUT2D eigenvalue weighted by molar-refractivity contribution is -0.109. The smallest absolute Gasteiger partial charge is 0.280 e. The van der Waals surface area contributed by atoms with Crippen molar-refractivity contribution in [3.63, 3.8) is 0 Å². The molecule has 4 aromatic rings. The summed E-state index contributed by atoms with van der Waals surface area (Å²) >= 11 is 1.35. The summed E-state index contributed by atoms with van der Waals surface area (Å²) in [4.78, 5) is 38.8. The van der Waals surface area contributed by atoms with Crippen LogP contribution in [0, 0.1) is 0 Å². The van der Waals surface area contributed by atoms with Crippen LogP contribution >= 0.6 is 11.3 Å². The number of ether oxygens (including phenoxy) is 1. The van der Waals surface area contributed by atoms with Gasteiger partial charge in [-0.05, 0) is 41.5 Å². The standard InChI is InChI=1S/C34H40N4O3S/c1-5-6-7-8-9-18-41-29-16-14-25(15-17-29)27-20-35-31(36-21-27)26-12-10-24(11-13-26)19-28(23-39)38-32(40)33-37-22-30(42-33)34(2,3)4/h10-17,20-23,28H,5-9,18-19H2,1-4H3,(H,38,40). The number of carbonyl (C=O) groups is 2. The van der Waals surface area contributed by atoms with Gasteiger partial charge in [0, 0.05) is 34.6 Å².